The van der Waals surface area contributed by atoms with Crippen molar-refractivity contribution in [1.29, 1.82) is 5.26 Å². The number of halogens is 1. The number of nitrogens with zero attached hydrogens (tertiary/aromatic N) is 7. The summed E-state index contributed by atoms with van der Waals surface area (Å²) in [5, 5.41) is 13.2. The fourth-order valence-electron chi connectivity index (χ4n) is 6.59. The van der Waals surface area contributed by atoms with E-state index in [1.807, 2.05) is 12.1 Å². The van der Waals surface area contributed by atoms with Gasteiger partial charge in [0.15, 0.2) is 12.0 Å². The maximum atomic E-state index is 15.1. The Labute approximate surface area is 292 Å². The monoisotopic (exact) mass is 688 g/mol. The van der Waals surface area contributed by atoms with Gasteiger partial charge in [0.1, 0.15) is 35.6 Å². The van der Waals surface area contributed by atoms with Crippen LogP contribution in [0, 0.1) is 11.3 Å². The molecule has 6 rings (SSSR count). The maximum absolute atomic E-state index is 15.1. The number of aromatic nitrogens is 3. The summed E-state index contributed by atoms with van der Waals surface area (Å²) >= 11 is 0. The lowest BCUT2D eigenvalue weighted by Gasteiger charge is -2.41. The molecule has 1 amide bonds. The Morgan fingerprint density at radius 1 is 1.02 bits per heavy atom. The molecule has 266 valence electrons. The summed E-state index contributed by atoms with van der Waals surface area (Å²) in [5.41, 5.74) is 1.92. The number of ether oxygens (including phenoxy) is 4. The SMILES string of the molecule is COc1cc(Nc2ncnc(-c3ccc(OC4CCN(C(=O)OC(C)(C)C)CC4F)c(C#N)c3)n2)ccc1N1CCC(N2CCOCC2)CC1. The van der Waals surface area contributed by atoms with Crippen molar-refractivity contribution < 1.29 is 28.1 Å². The molecular formula is C36H45FN8O5. The van der Waals surface area contributed by atoms with Crippen molar-refractivity contribution in [2.75, 3.05) is 69.8 Å². The van der Waals surface area contributed by atoms with Crippen LogP contribution >= 0.6 is 0 Å². The molecule has 0 radical (unpaired) electrons. The largest absolute Gasteiger partial charge is 0.495 e. The van der Waals surface area contributed by atoms with E-state index in [1.165, 1.54) is 11.2 Å². The second-order valence-electron chi connectivity index (χ2n) is 13.7. The van der Waals surface area contributed by atoms with Crippen LogP contribution in [0.4, 0.5) is 26.5 Å². The van der Waals surface area contributed by atoms with Gasteiger partial charge in [-0.15, -0.1) is 0 Å². The molecule has 4 heterocycles. The fraction of sp³-hybridized carbons (Fsp3) is 0.528. The first-order valence-corrected chi connectivity index (χ1v) is 17.1. The maximum Gasteiger partial charge on any atom is 0.410 e. The first-order valence-electron chi connectivity index (χ1n) is 17.1. The lowest BCUT2D eigenvalue weighted by Crippen LogP contribution is -2.50. The second kappa shape index (κ2) is 15.4. The first-order chi connectivity index (χ1) is 24.1. The number of methoxy groups -OCH3 is 1. The van der Waals surface area contributed by atoms with Crippen LogP contribution < -0.4 is 19.7 Å². The van der Waals surface area contributed by atoms with Crippen LogP contribution in [-0.2, 0) is 9.47 Å². The van der Waals surface area contributed by atoms with Gasteiger partial charge in [-0.05, 0) is 63.9 Å². The molecule has 0 aliphatic carbocycles. The molecule has 3 saturated heterocycles. The summed E-state index contributed by atoms with van der Waals surface area (Å²) in [7, 11) is 1.67. The second-order valence-corrected chi connectivity index (χ2v) is 13.7. The summed E-state index contributed by atoms with van der Waals surface area (Å²) in [6, 6.07) is 13.6. The highest BCUT2D eigenvalue weighted by atomic mass is 19.1. The number of nitrogens with one attached hydrogen (secondary N) is 1. The predicted octanol–water partition coefficient (Wildman–Crippen LogP) is 5.19. The van der Waals surface area contributed by atoms with Crippen LogP contribution in [-0.4, -0.2) is 114 Å². The minimum absolute atomic E-state index is 0.150. The lowest BCUT2D eigenvalue weighted by molar-refractivity contribution is -0.0106. The zero-order valence-electron chi connectivity index (χ0n) is 29.1. The number of carbonyl (C=O) groups excluding carboxylic acids is 1. The van der Waals surface area contributed by atoms with Gasteiger partial charge in [0.05, 0.1) is 38.1 Å². The highest BCUT2D eigenvalue weighted by molar-refractivity contribution is 5.69. The smallest absolute Gasteiger partial charge is 0.410 e. The van der Waals surface area contributed by atoms with Gasteiger partial charge in [0.25, 0.3) is 0 Å². The zero-order valence-corrected chi connectivity index (χ0v) is 29.1. The Hall–Kier alpha value is -4.74. The summed E-state index contributed by atoms with van der Waals surface area (Å²) in [5.74, 6) is 1.69. The summed E-state index contributed by atoms with van der Waals surface area (Å²) in [6.45, 7) is 11.0. The summed E-state index contributed by atoms with van der Waals surface area (Å²) in [4.78, 5) is 31.9. The average Bonchev–Trinajstić information content (AvgIpc) is 3.12. The highest BCUT2D eigenvalue weighted by Crippen LogP contribution is 2.35. The average molecular weight is 689 g/mol. The molecule has 0 saturated carbocycles. The number of hydrogen-bond donors (Lipinski definition) is 1. The van der Waals surface area contributed by atoms with Gasteiger partial charge in [-0.3, -0.25) is 4.90 Å². The molecule has 50 heavy (non-hydrogen) atoms. The van der Waals surface area contributed by atoms with Gasteiger partial charge in [-0.25, -0.2) is 19.2 Å². The lowest BCUT2D eigenvalue weighted by atomic mass is 10.0. The van der Waals surface area contributed by atoms with E-state index in [0.717, 1.165) is 69.4 Å². The summed E-state index contributed by atoms with van der Waals surface area (Å²) < 4.78 is 37.8. The molecule has 1 aromatic heterocycles. The Morgan fingerprint density at radius 3 is 2.50 bits per heavy atom. The van der Waals surface area contributed by atoms with E-state index < -0.39 is 24.0 Å². The van der Waals surface area contributed by atoms with Gasteiger partial charge in [0, 0.05) is 62.5 Å². The van der Waals surface area contributed by atoms with Crippen LogP contribution in [0.25, 0.3) is 11.4 Å². The molecule has 3 aliphatic rings. The quantitative estimate of drug-likeness (QED) is 0.333. The van der Waals surface area contributed by atoms with E-state index in [2.05, 4.69) is 42.2 Å². The molecule has 3 aliphatic heterocycles. The minimum Gasteiger partial charge on any atom is -0.495 e. The van der Waals surface area contributed by atoms with Crippen molar-refractivity contribution in [2.45, 2.75) is 64.0 Å². The van der Waals surface area contributed by atoms with Crippen LogP contribution in [0.5, 0.6) is 11.5 Å². The number of piperidine rings is 2. The highest BCUT2D eigenvalue weighted by Gasteiger charge is 2.35. The Morgan fingerprint density at radius 2 is 1.80 bits per heavy atom. The van der Waals surface area contributed by atoms with E-state index in [-0.39, 0.29) is 30.8 Å². The van der Waals surface area contributed by atoms with Crippen molar-refractivity contribution in [3.63, 3.8) is 0 Å². The number of benzene rings is 2. The number of hydrogen-bond acceptors (Lipinski definition) is 12. The number of anilines is 3. The number of carbonyl (C=O) groups is 1. The van der Waals surface area contributed by atoms with Crippen molar-refractivity contribution >= 4 is 23.4 Å². The van der Waals surface area contributed by atoms with Crippen LogP contribution in [0.3, 0.4) is 0 Å². The molecule has 0 spiro atoms. The Kier molecular flexibility index (Phi) is 10.8. The van der Waals surface area contributed by atoms with Gasteiger partial charge in [-0.1, -0.05) is 0 Å². The topological polar surface area (TPSA) is 138 Å². The molecule has 2 aromatic carbocycles. The third-order valence-corrected chi connectivity index (χ3v) is 9.14. The number of likely N-dealkylation sites (tertiary alicyclic amines) is 1. The van der Waals surface area contributed by atoms with Crippen molar-refractivity contribution in [2.24, 2.45) is 0 Å². The van der Waals surface area contributed by atoms with Gasteiger partial charge >= 0.3 is 6.09 Å². The Balaban J connectivity index is 1.08. The van der Waals surface area contributed by atoms with Gasteiger partial charge in [0.2, 0.25) is 5.95 Å². The third-order valence-electron chi connectivity index (χ3n) is 9.14. The number of rotatable bonds is 8. The van der Waals surface area contributed by atoms with Crippen LogP contribution in [0.1, 0.15) is 45.6 Å². The number of nitriles is 1. The molecule has 3 aromatic rings. The minimum atomic E-state index is -1.44. The number of amides is 1. The molecule has 0 bridgehead atoms. The molecule has 2 unspecified atom stereocenters. The van der Waals surface area contributed by atoms with Crippen molar-refractivity contribution in [3.05, 3.63) is 48.3 Å². The predicted molar refractivity (Wildman–Crippen MR) is 186 cm³/mol. The zero-order chi connectivity index (χ0) is 35.3. The van der Waals surface area contributed by atoms with E-state index in [9.17, 15) is 10.1 Å². The van der Waals surface area contributed by atoms with Crippen molar-refractivity contribution in [3.8, 4) is 29.0 Å². The third kappa shape index (κ3) is 8.51. The number of alkyl halides is 1. The molecule has 13 nitrogen and oxygen atoms in total. The molecular weight excluding hydrogens is 643 g/mol. The Bertz CT molecular complexity index is 1680. The molecule has 1 N–H and O–H groups in total. The first kappa shape index (κ1) is 35.1. The normalized spacial score (nSPS) is 20.6. The van der Waals surface area contributed by atoms with E-state index in [1.54, 1.807) is 46.1 Å². The van der Waals surface area contributed by atoms with Crippen LogP contribution in [0.15, 0.2) is 42.7 Å². The number of morpholine rings is 1. The molecule has 2 atom stereocenters. The fourth-order valence-corrected chi connectivity index (χ4v) is 6.59. The van der Waals surface area contributed by atoms with Gasteiger partial charge in [-0.2, -0.15) is 10.2 Å². The molecule has 14 heteroatoms. The van der Waals surface area contributed by atoms with E-state index >= 15 is 4.39 Å². The molecule has 3 fully saturated rings. The standard InChI is InChI=1S/C36H45FN8O5/c1-36(2,3)50-35(46)45-14-11-31(28(37)22-45)49-30-8-5-24(19-25(30)21-38)33-39-23-40-34(42-33)41-26-6-7-29(32(20-26)47-4)44-12-9-27(10-13-44)43-15-17-48-18-16-43/h5-8,19-20,23,27-28,31H,9-18,22H2,1-4H3,(H,39,40,41,42). The van der Waals surface area contributed by atoms with Gasteiger partial charge < -0.3 is 34.1 Å². The summed E-state index contributed by atoms with van der Waals surface area (Å²) in [6.07, 6.45) is 1.04. The van der Waals surface area contributed by atoms with Crippen LogP contribution in [0.2, 0.25) is 0 Å². The van der Waals surface area contributed by atoms with E-state index in [4.69, 9.17) is 18.9 Å². The van der Waals surface area contributed by atoms with E-state index in [0.29, 0.717) is 23.4 Å². The van der Waals surface area contributed by atoms with Crippen molar-refractivity contribution in [1.82, 2.24) is 24.8 Å².